The van der Waals surface area contributed by atoms with Crippen LogP contribution < -0.4 is 20.4 Å². The summed E-state index contributed by atoms with van der Waals surface area (Å²) in [5.41, 5.74) is -0.644. The van der Waals surface area contributed by atoms with Crippen molar-refractivity contribution < 1.29 is 39.6 Å². The normalized spacial score (nSPS) is 9.71. The molecule has 0 spiro atoms. The number of rotatable bonds is 4. The zero-order chi connectivity index (χ0) is 37.2. The molecule has 8 nitrogen and oxygen atoms in total. The van der Waals surface area contributed by atoms with E-state index < -0.39 is 23.9 Å². The molecule has 256 valence electrons. The Labute approximate surface area is 357 Å². The van der Waals surface area contributed by atoms with Crippen LogP contribution in [0.2, 0.25) is 60.3 Å². The fraction of sp³-hybridized carbons (Fsp3) is 0. The van der Waals surface area contributed by atoms with Crippen LogP contribution in [0, 0.1) is 0 Å². The van der Waals surface area contributed by atoms with E-state index in [9.17, 15) is 39.6 Å². The first kappa shape index (κ1) is 48.2. The van der Waals surface area contributed by atoms with Crippen LogP contribution in [0.15, 0.2) is 48.5 Å². The Morgan fingerprint density at radius 3 is 0.571 bits per heavy atom. The number of hydrogen-bond acceptors (Lipinski definition) is 8. The Kier molecular flexibility index (Phi) is 21.9. The van der Waals surface area contributed by atoms with E-state index in [1.54, 1.807) is 0 Å². The standard InChI is InChI=1S/4C7H3Cl3O2.Pb/c4*8-4-2-1-3(7(11)12)5(9)6(4)10;/h4*1-2H,(H,11,12);/q;;;;+4/p-4. The summed E-state index contributed by atoms with van der Waals surface area (Å²) in [5, 5.41) is 42.1. The molecule has 0 aromatic heterocycles. The molecule has 4 aromatic carbocycles. The number of carboxylic acid groups (broad SMARTS) is 4. The van der Waals surface area contributed by atoms with Gasteiger partial charge in [-0.2, -0.15) is 0 Å². The van der Waals surface area contributed by atoms with Crippen molar-refractivity contribution in [3.05, 3.63) is 131 Å². The molecule has 0 radical (unpaired) electrons. The van der Waals surface area contributed by atoms with Crippen molar-refractivity contribution >= 4 is 190 Å². The number of aromatic carboxylic acids is 4. The molecule has 0 N–H and O–H groups in total. The molecule has 0 unspecified atom stereocenters. The van der Waals surface area contributed by atoms with Gasteiger partial charge in [-0.3, -0.25) is 0 Å². The van der Waals surface area contributed by atoms with Crippen LogP contribution >= 0.6 is 139 Å². The summed E-state index contributed by atoms with van der Waals surface area (Å²) in [6.07, 6.45) is 0. The molecule has 0 bridgehead atoms. The van der Waals surface area contributed by atoms with Crippen LogP contribution in [-0.4, -0.2) is 51.2 Å². The maximum Gasteiger partial charge on any atom is 4.00 e. The van der Waals surface area contributed by atoms with E-state index >= 15 is 0 Å². The topological polar surface area (TPSA) is 161 Å². The van der Waals surface area contributed by atoms with E-state index in [1.807, 2.05) is 0 Å². The molecule has 0 aliphatic carbocycles. The van der Waals surface area contributed by atoms with Gasteiger partial charge in [-0.05, 0) is 24.3 Å². The predicted molar refractivity (Wildman–Crippen MR) is 189 cm³/mol. The van der Waals surface area contributed by atoms with Gasteiger partial charge in [0.25, 0.3) is 0 Å². The smallest absolute Gasteiger partial charge is 0.545 e. The van der Waals surface area contributed by atoms with E-state index in [0.717, 1.165) is 0 Å². The third kappa shape index (κ3) is 13.9. The van der Waals surface area contributed by atoms with Crippen molar-refractivity contribution in [2.24, 2.45) is 0 Å². The van der Waals surface area contributed by atoms with Gasteiger partial charge >= 0.3 is 27.3 Å². The number of halogens is 12. The Bertz CT molecular complexity index is 1620. The Hall–Kier alpha value is -0.838. The van der Waals surface area contributed by atoms with E-state index in [-0.39, 0.29) is 110 Å². The first-order chi connectivity index (χ1) is 22.1. The second-order valence-electron chi connectivity index (χ2n) is 8.04. The molecule has 0 amide bonds. The molecule has 0 atom stereocenters. The average Bonchev–Trinajstić information content (AvgIpc) is 3.00. The molecule has 49 heavy (non-hydrogen) atoms. The summed E-state index contributed by atoms with van der Waals surface area (Å²) in [6, 6.07) is 10.4. The van der Waals surface area contributed by atoms with Crippen LogP contribution in [0.25, 0.3) is 0 Å². The van der Waals surface area contributed by atoms with Gasteiger partial charge in [-0.25, -0.2) is 0 Å². The molecular weight excluding hydrogens is 1100 g/mol. The molecule has 0 saturated carbocycles. The van der Waals surface area contributed by atoms with Crippen LogP contribution in [0.4, 0.5) is 0 Å². The summed E-state index contributed by atoms with van der Waals surface area (Å²) >= 11 is 66.8. The number of hydrogen-bond donors (Lipinski definition) is 0. The van der Waals surface area contributed by atoms with Crippen molar-refractivity contribution in [1.82, 2.24) is 0 Å². The first-order valence-electron chi connectivity index (χ1n) is 11.5. The predicted octanol–water partition coefficient (Wildman–Crippen LogP) is 7.66. The second kappa shape index (κ2) is 22.3. The number of carbonyl (C=O) groups is 4. The fourth-order valence-corrected chi connectivity index (χ4v) is 5.18. The van der Waals surface area contributed by atoms with Gasteiger partial charge in [-0.15, -0.1) is 0 Å². The quantitative estimate of drug-likeness (QED) is 0.149. The Balaban J connectivity index is 0.000000623. The van der Waals surface area contributed by atoms with E-state index in [2.05, 4.69) is 0 Å². The van der Waals surface area contributed by atoms with Crippen molar-refractivity contribution in [2.45, 2.75) is 0 Å². The van der Waals surface area contributed by atoms with Crippen LogP contribution in [0.1, 0.15) is 41.4 Å². The maximum absolute atomic E-state index is 10.4. The van der Waals surface area contributed by atoms with Crippen LogP contribution in [-0.2, 0) is 0 Å². The summed E-state index contributed by atoms with van der Waals surface area (Å²) in [5.74, 6) is -5.51. The molecule has 0 saturated heterocycles. The minimum absolute atomic E-state index is 0. The van der Waals surface area contributed by atoms with Gasteiger partial charge in [-0.1, -0.05) is 163 Å². The van der Waals surface area contributed by atoms with Gasteiger partial charge in [0.05, 0.1) is 84.1 Å². The molecule has 21 heteroatoms. The summed E-state index contributed by atoms with van der Waals surface area (Å²) in [4.78, 5) is 41.6. The van der Waals surface area contributed by atoms with Gasteiger partial charge < -0.3 is 39.6 Å². The molecule has 0 heterocycles. The van der Waals surface area contributed by atoms with Crippen molar-refractivity contribution in [2.75, 3.05) is 0 Å². The minimum atomic E-state index is -1.38. The molecule has 0 aliphatic heterocycles. The summed E-state index contributed by atoms with van der Waals surface area (Å²) < 4.78 is 0. The van der Waals surface area contributed by atoms with E-state index in [1.165, 1.54) is 48.5 Å². The largest absolute Gasteiger partial charge is 4.00 e. The Morgan fingerprint density at radius 2 is 0.449 bits per heavy atom. The van der Waals surface area contributed by atoms with Crippen LogP contribution in [0.3, 0.4) is 0 Å². The SMILES string of the molecule is O=C([O-])c1ccc(Cl)c(Cl)c1Cl.O=C([O-])c1ccc(Cl)c(Cl)c1Cl.O=C([O-])c1ccc(Cl)c(Cl)c1Cl.O=C([O-])c1ccc(Cl)c(Cl)c1Cl.[Pb+4]. The Morgan fingerprint density at radius 1 is 0.306 bits per heavy atom. The molecule has 0 aliphatic rings. The van der Waals surface area contributed by atoms with Gasteiger partial charge in [0, 0.05) is 22.3 Å². The van der Waals surface area contributed by atoms with Gasteiger partial charge in [0.15, 0.2) is 0 Å². The molecular formula is C28H8Cl12O8Pb. The third-order valence-corrected chi connectivity index (χ3v) is 10.2. The summed E-state index contributed by atoms with van der Waals surface area (Å²) in [6.45, 7) is 0. The first-order valence-corrected chi connectivity index (χ1v) is 16.1. The fourth-order valence-electron chi connectivity index (χ4n) is 2.73. The average molecular weight is 1100 g/mol. The van der Waals surface area contributed by atoms with Crippen molar-refractivity contribution in [3.63, 3.8) is 0 Å². The molecule has 0 fully saturated rings. The second-order valence-corrected chi connectivity index (χ2v) is 12.7. The third-order valence-electron chi connectivity index (χ3n) is 5.02. The monoisotopic (exact) mass is 1100 g/mol. The van der Waals surface area contributed by atoms with Gasteiger partial charge in [0.2, 0.25) is 0 Å². The van der Waals surface area contributed by atoms with Gasteiger partial charge in [0.1, 0.15) is 0 Å². The summed E-state index contributed by atoms with van der Waals surface area (Å²) in [7, 11) is 0. The van der Waals surface area contributed by atoms with Crippen LogP contribution in [0.5, 0.6) is 0 Å². The van der Waals surface area contributed by atoms with E-state index in [0.29, 0.717) is 0 Å². The maximum atomic E-state index is 10.4. The number of carbonyl (C=O) groups excluding carboxylic acids is 4. The number of benzene rings is 4. The molecule has 4 rings (SSSR count). The minimum Gasteiger partial charge on any atom is -0.545 e. The van der Waals surface area contributed by atoms with E-state index in [4.69, 9.17) is 139 Å². The zero-order valence-electron chi connectivity index (χ0n) is 22.9. The molecule has 4 aromatic rings. The zero-order valence-corrected chi connectivity index (χ0v) is 35.9. The van der Waals surface area contributed by atoms with Crippen molar-refractivity contribution in [1.29, 1.82) is 0 Å². The number of carboxylic acids is 4. The van der Waals surface area contributed by atoms with Crippen molar-refractivity contribution in [3.8, 4) is 0 Å².